The summed E-state index contributed by atoms with van der Waals surface area (Å²) in [5, 5.41) is 9.31. The lowest BCUT2D eigenvalue weighted by Crippen LogP contribution is -2.52. The van der Waals surface area contributed by atoms with E-state index in [1.807, 2.05) is 0 Å². The minimum absolute atomic E-state index is 0.0134. The van der Waals surface area contributed by atoms with Gasteiger partial charge in [-0.15, -0.1) is 0 Å². The predicted molar refractivity (Wildman–Crippen MR) is 95.5 cm³/mol. The number of piperazine rings is 1. The zero-order valence-corrected chi connectivity index (χ0v) is 15.3. The van der Waals surface area contributed by atoms with Crippen LogP contribution in [0.2, 0.25) is 0 Å². The van der Waals surface area contributed by atoms with E-state index < -0.39 is 6.10 Å². The van der Waals surface area contributed by atoms with Crippen molar-refractivity contribution < 1.29 is 19.4 Å². The van der Waals surface area contributed by atoms with Crippen LogP contribution in [0.3, 0.4) is 0 Å². The summed E-state index contributed by atoms with van der Waals surface area (Å²) in [6.45, 7) is 8.66. The smallest absolute Gasteiger partial charge is 0.253 e. The van der Waals surface area contributed by atoms with Crippen LogP contribution >= 0.6 is 0 Å². The predicted octanol–water partition coefficient (Wildman–Crippen LogP) is 2.13. The van der Waals surface area contributed by atoms with Crippen molar-refractivity contribution in [3.63, 3.8) is 0 Å². The number of carbonyl (C=O) groups excluding carboxylic acids is 2. The van der Waals surface area contributed by atoms with E-state index in [0.717, 1.165) is 6.42 Å². The van der Waals surface area contributed by atoms with Gasteiger partial charge in [-0.2, -0.15) is 0 Å². The van der Waals surface area contributed by atoms with Gasteiger partial charge in [0.1, 0.15) is 11.9 Å². The average Bonchev–Trinajstić information content (AvgIpc) is 2.61. The number of amides is 2. The van der Waals surface area contributed by atoms with Gasteiger partial charge in [0, 0.05) is 38.3 Å². The lowest BCUT2D eigenvalue weighted by molar-refractivity contribution is -0.144. The molecule has 0 bridgehead atoms. The Balaban J connectivity index is 1.81. The molecule has 138 valence electrons. The Labute approximate surface area is 149 Å². The van der Waals surface area contributed by atoms with Gasteiger partial charge in [-0.25, -0.2) is 0 Å². The van der Waals surface area contributed by atoms with Crippen molar-refractivity contribution in [3.8, 4) is 5.75 Å². The molecule has 1 heterocycles. The number of hydrogen-bond donors (Lipinski definition) is 1. The molecule has 1 unspecified atom stereocenters. The summed E-state index contributed by atoms with van der Waals surface area (Å²) in [4.78, 5) is 28.4. The first-order chi connectivity index (χ1) is 11.9. The molecule has 0 aliphatic carbocycles. The highest BCUT2D eigenvalue weighted by Crippen LogP contribution is 2.14. The number of rotatable bonds is 6. The van der Waals surface area contributed by atoms with Crippen LogP contribution in [0.1, 0.15) is 37.6 Å². The fraction of sp³-hybridized carbons (Fsp3) is 0.579. The lowest BCUT2D eigenvalue weighted by atomic mass is 10.1. The molecule has 1 aliphatic rings. The molecule has 0 aromatic heterocycles. The van der Waals surface area contributed by atoms with Gasteiger partial charge in [-0.05, 0) is 43.5 Å². The first-order valence-corrected chi connectivity index (χ1v) is 8.87. The van der Waals surface area contributed by atoms with Crippen LogP contribution in [-0.2, 0) is 9.53 Å². The van der Waals surface area contributed by atoms with Crippen molar-refractivity contribution >= 4 is 11.8 Å². The molecule has 1 aromatic carbocycles. The number of phenolic OH excluding ortho intramolecular Hbond substituents is 1. The molecule has 2 rings (SSSR count). The maximum absolute atomic E-state index is 12.4. The Morgan fingerprint density at radius 1 is 1.04 bits per heavy atom. The van der Waals surface area contributed by atoms with Gasteiger partial charge in [0.15, 0.2) is 0 Å². The molecule has 1 fully saturated rings. The summed E-state index contributed by atoms with van der Waals surface area (Å²) in [6.07, 6.45) is 0.491. The normalized spacial score (nSPS) is 16.2. The summed E-state index contributed by atoms with van der Waals surface area (Å²) in [6, 6.07) is 6.23. The first-order valence-electron chi connectivity index (χ1n) is 8.87. The van der Waals surface area contributed by atoms with Crippen LogP contribution in [0.5, 0.6) is 5.75 Å². The highest BCUT2D eigenvalue weighted by atomic mass is 16.5. The van der Waals surface area contributed by atoms with E-state index in [0.29, 0.717) is 44.3 Å². The number of nitrogens with zero attached hydrogens (tertiary/aromatic N) is 2. The van der Waals surface area contributed by atoms with Gasteiger partial charge in [0.25, 0.3) is 11.8 Å². The largest absolute Gasteiger partial charge is 0.508 e. The fourth-order valence-electron chi connectivity index (χ4n) is 2.73. The van der Waals surface area contributed by atoms with E-state index in [1.54, 1.807) is 28.9 Å². The minimum atomic E-state index is -0.446. The van der Waals surface area contributed by atoms with E-state index in [2.05, 4.69) is 13.8 Å². The SMILES string of the molecule is CC(C)CCOC(C)C(=O)N1CCN(C(=O)c2ccc(O)cc2)CC1. The molecular formula is C19H28N2O4. The Bertz CT molecular complexity index is 578. The van der Waals surface area contributed by atoms with Crippen molar-refractivity contribution in [1.29, 1.82) is 0 Å². The average molecular weight is 348 g/mol. The van der Waals surface area contributed by atoms with Crippen molar-refractivity contribution in [1.82, 2.24) is 9.80 Å². The summed E-state index contributed by atoms with van der Waals surface area (Å²) in [7, 11) is 0. The van der Waals surface area contributed by atoms with Crippen LogP contribution in [0.15, 0.2) is 24.3 Å². The fourth-order valence-corrected chi connectivity index (χ4v) is 2.73. The third-order valence-corrected chi connectivity index (χ3v) is 4.40. The monoisotopic (exact) mass is 348 g/mol. The van der Waals surface area contributed by atoms with E-state index in [1.165, 1.54) is 12.1 Å². The van der Waals surface area contributed by atoms with E-state index in [9.17, 15) is 14.7 Å². The van der Waals surface area contributed by atoms with Crippen LogP contribution in [0.4, 0.5) is 0 Å². The molecule has 1 aromatic rings. The third kappa shape index (κ3) is 5.46. The summed E-state index contributed by atoms with van der Waals surface area (Å²) < 4.78 is 5.63. The second kappa shape index (κ2) is 8.85. The van der Waals surface area contributed by atoms with Gasteiger partial charge in [0.05, 0.1) is 0 Å². The second-order valence-corrected chi connectivity index (χ2v) is 6.86. The molecule has 0 saturated carbocycles. The first kappa shape index (κ1) is 19.2. The molecule has 1 atom stereocenters. The number of carbonyl (C=O) groups is 2. The van der Waals surface area contributed by atoms with Gasteiger partial charge in [-0.3, -0.25) is 9.59 Å². The Morgan fingerprint density at radius 3 is 2.16 bits per heavy atom. The maximum atomic E-state index is 12.4. The second-order valence-electron chi connectivity index (χ2n) is 6.86. The van der Waals surface area contributed by atoms with Crippen molar-refractivity contribution in [3.05, 3.63) is 29.8 Å². The molecule has 1 N–H and O–H groups in total. The minimum Gasteiger partial charge on any atom is -0.508 e. The van der Waals surface area contributed by atoms with Gasteiger partial charge >= 0.3 is 0 Å². The molecule has 1 saturated heterocycles. The number of benzene rings is 1. The van der Waals surface area contributed by atoms with Gasteiger partial charge in [-0.1, -0.05) is 13.8 Å². The Kier molecular flexibility index (Phi) is 6.82. The lowest BCUT2D eigenvalue weighted by Gasteiger charge is -2.36. The standard InChI is InChI=1S/C19H28N2O4/c1-14(2)8-13-25-15(3)18(23)20-9-11-21(12-10-20)19(24)16-4-6-17(22)7-5-16/h4-7,14-15,22H,8-13H2,1-3H3. The Morgan fingerprint density at radius 2 is 1.60 bits per heavy atom. The number of phenols is 1. The highest BCUT2D eigenvalue weighted by molar-refractivity contribution is 5.94. The molecule has 1 aliphatic heterocycles. The Hall–Kier alpha value is -2.08. The topological polar surface area (TPSA) is 70.1 Å². The highest BCUT2D eigenvalue weighted by Gasteiger charge is 2.27. The van der Waals surface area contributed by atoms with E-state index >= 15 is 0 Å². The summed E-state index contributed by atoms with van der Waals surface area (Å²) in [5.74, 6) is 0.601. The maximum Gasteiger partial charge on any atom is 0.253 e. The molecule has 0 radical (unpaired) electrons. The zero-order chi connectivity index (χ0) is 18.4. The third-order valence-electron chi connectivity index (χ3n) is 4.40. The van der Waals surface area contributed by atoms with Crippen LogP contribution in [0.25, 0.3) is 0 Å². The molecule has 0 spiro atoms. The summed E-state index contributed by atoms with van der Waals surface area (Å²) in [5.41, 5.74) is 0.544. The van der Waals surface area contributed by atoms with E-state index in [-0.39, 0.29) is 17.6 Å². The van der Waals surface area contributed by atoms with Crippen molar-refractivity contribution in [2.45, 2.75) is 33.3 Å². The molecule has 25 heavy (non-hydrogen) atoms. The summed E-state index contributed by atoms with van der Waals surface area (Å²) >= 11 is 0. The number of ether oxygens (including phenoxy) is 1. The van der Waals surface area contributed by atoms with Crippen LogP contribution < -0.4 is 0 Å². The molecule has 6 nitrogen and oxygen atoms in total. The number of aromatic hydroxyl groups is 1. The van der Waals surface area contributed by atoms with Crippen molar-refractivity contribution in [2.75, 3.05) is 32.8 Å². The molecular weight excluding hydrogens is 320 g/mol. The zero-order valence-electron chi connectivity index (χ0n) is 15.3. The van der Waals surface area contributed by atoms with Crippen LogP contribution in [-0.4, -0.2) is 65.6 Å². The van der Waals surface area contributed by atoms with E-state index in [4.69, 9.17) is 4.74 Å². The molecule has 2 amide bonds. The quantitative estimate of drug-likeness (QED) is 0.855. The van der Waals surface area contributed by atoms with Gasteiger partial charge in [0.2, 0.25) is 0 Å². The molecule has 6 heteroatoms. The van der Waals surface area contributed by atoms with Crippen LogP contribution in [0, 0.1) is 5.92 Å². The number of hydrogen-bond acceptors (Lipinski definition) is 4. The van der Waals surface area contributed by atoms with Gasteiger partial charge < -0.3 is 19.6 Å². The van der Waals surface area contributed by atoms with Crippen molar-refractivity contribution in [2.24, 2.45) is 5.92 Å².